The Balaban J connectivity index is 5.17. The Hall–Kier alpha value is -2.73. The molecule has 5 unspecified atom stereocenters. The molecule has 0 fully saturated rings. The quantitative estimate of drug-likeness (QED) is 0.132. The van der Waals surface area contributed by atoms with E-state index >= 15 is 0 Å². The molecule has 0 aliphatic heterocycles. The van der Waals surface area contributed by atoms with Gasteiger partial charge in [0.15, 0.2) is 0 Å². The smallest absolute Gasteiger partial charge is 0.326 e. The van der Waals surface area contributed by atoms with E-state index in [-0.39, 0.29) is 25.2 Å². The lowest BCUT2D eigenvalue weighted by atomic mass is 9.99. The van der Waals surface area contributed by atoms with Crippen molar-refractivity contribution in [2.24, 2.45) is 23.1 Å². The van der Waals surface area contributed by atoms with E-state index in [9.17, 15) is 29.1 Å². The minimum absolute atomic E-state index is 0.0911. The van der Waals surface area contributed by atoms with Gasteiger partial charge in [-0.25, -0.2) is 4.79 Å². The van der Waals surface area contributed by atoms with Crippen molar-refractivity contribution in [1.29, 1.82) is 0 Å². The van der Waals surface area contributed by atoms with Crippen LogP contribution in [0.2, 0.25) is 0 Å². The van der Waals surface area contributed by atoms with Crippen molar-refractivity contribution in [3.63, 3.8) is 0 Å². The molecule has 10 N–H and O–H groups in total. The summed E-state index contributed by atoms with van der Waals surface area (Å²) in [6, 6.07) is -4.20. The van der Waals surface area contributed by atoms with E-state index in [4.69, 9.17) is 17.2 Å². The number of rotatable bonds is 16. The number of nitrogens with two attached hydrogens (primary N) is 3. The van der Waals surface area contributed by atoms with E-state index in [0.717, 1.165) is 0 Å². The highest BCUT2D eigenvalue weighted by Crippen LogP contribution is 2.06. The maximum Gasteiger partial charge on any atom is 0.326 e. The first-order valence-electron chi connectivity index (χ1n) is 10.8. The molecular formula is C20H38N6O6. The summed E-state index contributed by atoms with van der Waals surface area (Å²) >= 11 is 0. The summed E-state index contributed by atoms with van der Waals surface area (Å²) in [6.07, 6.45) is 1.59. The van der Waals surface area contributed by atoms with Gasteiger partial charge in [0.2, 0.25) is 23.6 Å². The summed E-state index contributed by atoms with van der Waals surface area (Å²) in [5, 5.41) is 16.6. The van der Waals surface area contributed by atoms with Crippen molar-refractivity contribution < 1.29 is 29.1 Å². The monoisotopic (exact) mass is 458 g/mol. The Morgan fingerprint density at radius 1 is 0.875 bits per heavy atom. The van der Waals surface area contributed by atoms with Crippen molar-refractivity contribution in [3.05, 3.63) is 0 Å². The van der Waals surface area contributed by atoms with Gasteiger partial charge in [-0.3, -0.25) is 19.2 Å². The number of carbonyl (C=O) groups excluding carboxylic acids is 4. The van der Waals surface area contributed by atoms with Gasteiger partial charge in [0.05, 0.1) is 6.04 Å². The highest BCUT2D eigenvalue weighted by molar-refractivity contribution is 5.94. The molecule has 4 amide bonds. The van der Waals surface area contributed by atoms with E-state index in [2.05, 4.69) is 16.0 Å². The van der Waals surface area contributed by atoms with E-state index in [1.165, 1.54) is 6.92 Å². The molecule has 0 aliphatic carbocycles. The molecule has 5 atom stereocenters. The zero-order valence-corrected chi connectivity index (χ0v) is 19.1. The van der Waals surface area contributed by atoms with Gasteiger partial charge in [-0.05, 0) is 45.1 Å². The Morgan fingerprint density at radius 3 is 1.97 bits per heavy atom. The second-order valence-electron chi connectivity index (χ2n) is 7.89. The lowest BCUT2D eigenvalue weighted by Crippen LogP contribution is -2.57. The Bertz CT molecular complexity index is 658. The minimum atomic E-state index is -1.23. The van der Waals surface area contributed by atoms with Crippen molar-refractivity contribution in [1.82, 2.24) is 16.0 Å². The van der Waals surface area contributed by atoms with Crippen LogP contribution in [0.25, 0.3) is 0 Å². The third-order valence-corrected chi connectivity index (χ3v) is 5.19. The van der Waals surface area contributed by atoms with Crippen LogP contribution in [-0.4, -0.2) is 65.4 Å². The van der Waals surface area contributed by atoms with Gasteiger partial charge < -0.3 is 38.3 Å². The predicted molar refractivity (Wildman–Crippen MR) is 118 cm³/mol. The van der Waals surface area contributed by atoms with Crippen LogP contribution in [-0.2, 0) is 24.0 Å². The average molecular weight is 459 g/mol. The predicted octanol–water partition coefficient (Wildman–Crippen LogP) is -1.69. The van der Waals surface area contributed by atoms with Crippen LogP contribution in [0.4, 0.5) is 0 Å². The Morgan fingerprint density at radius 2 is 1.47 bits per heavy atom. The largest absolute Gasteiger partial charge is 0.480 e. The zero-order chi connectivity index (χ0) is 24.8. The minimum Gasteiger partial charge on any atom is -0.480 e. The number of nitrogens with one attached hydrogen (secondary N) is 3. The maximum atomic E-state index is 12.6. The zero-order valence-electron chi connectivity index (χ0n) is 19.1. The van der Waals surface area contributed by atoms with Gasteiger partial charge in [-0.1, -0.05) is 20.3 Å². The molecule has 0 aromatic heterocycles. The molecule has 12 heteroatoms. The first-order chi connectivity index (χ1) is 14.9. The van der Waals surface area contributed by atoms with Crippen LogP contribution in [0.15, 0.2) is 0 Å². The number of unbranched alkanes of at least 4 members (excludes halogenated alkanes) is 1. The van der Waals surface area contributed by atoms with E-state index in [1.54, 1.807) is 0 Å². The number of hydrogen-bond acceptors (Lipinski definition) is 7. The SMILES string of the molecule is CCC(C)C(N)C(=O)NC(C)C(=O)NC(CCC(N)=O)C(=O)NC(CCCCN)C(=O)O. The molecule has 0 spiro atoms. The van der Waals surface area contributed by atoms with E-state index < -0.39 is 53.8 Å². The molecule has 0 aromatic carbocycles. The number of amides is 4. The molecule has 0 rings (SSSR count). The summed E-state index contributed by atoms with van der Waals surface area (Å²) in [6.45, 7) is 5.51. The second kappa shape index (κ2) is 15.1. The normalized spacial score (nSPS) is 15.5. The molecule has 0 saturated carbocycles. The molecule has 0 saturated heterocycles. The van der Waals surface area contributed by atoms with E-state index in [0.29, 0.717) is 25.8 Å². The number of primary amides is 1. The lowest BCUT2D eigenvalue weighted by Gasteiger charge is -2.24. The summed E-state index contributed by atoms with van der Waals surface area (Å²) < 4.78 is 0. The maximum absolute atomic E-state index is 12.6. The molecule has 0 bridgehead atoms. The molecule has 0 aliphatic rings. The number of carbonyl (C=O) groups is 5. The van der Waals surface area contributed by atoms with Gasteiger partial charge in [0.1, 0.15) is 18.1 Å². The number of carboxylic acids is 1. The first-order valence-corrected chi connectivity index (χ1v) is 10.8. The van der Waals surface area contributed by atoms with Crippen LogP contribution < -0.4 is 33.2 Å². The lowest BCUT2D eigenvalue weighted by molar-refractivity contribution is -0.142. The third kappa shape index (κ3) is 11.0. The van der Waals surface area contributed by atoms with Gasteiger partial charge in [-0.15, -0.1) is 0 Å². The van der Waals surface area contributed by atoms with Crippen molar-refractivity contribution in [2.45, 2.75) is 83.5 Å². The first kappa shape index (κ1) is 29.3. The van der Waals surface area contributed by atoms with Gasteiger partial charge >= 0.3 is 5.97 Å². The molecule has 184 valence electrons. The molecular weight excluding hydrogens is 420 g/mol. The second-order valence-corrected chi connectivity index (χ2v) is 7.89. The summed E-state index contributed by atoms with van der Waals surface area (Å²) in [5.74, 6) is -3.97. The standard InChI is InChI=1S/C20H38N6O6/c1-4-11(2)16(23)19(30)24-12(3)17(28)25-13(8-9-15(22)27)18(29)26-14(20(31)32)7-5-6-10-21/h11-14,16H,4-10,21,23H2,1-3H3,(H2,22,27)(H,24,30)(H,25,28)(H,26,29)(H,31,32). The Kier molecular flexibility index (Phi) is 13.8. The van der Waals surface area contributed by atoms with Crippen LogP contribution in [0.1, 0.15) is 59.3 Å². The van der Waals surface area contributed by atoms with Crippen LogP contribution in [0.5, 0.6) is 0 Å². The van der Waals surface area contributed by atoms with Gasteiger partial charge in [0, 0.05) is 6.42 Å². The van der Waals surface area contributed by atoms with Crippen LogP contribution in [0.3, 0.4) is 0 Å². The number of carboxylic acid groups (broad SMARTS) is 1. The molecule has 0 radical (unpaired) electrons. The number of hydrogen-bond donors (Lipinski definition) is 7. The highest BCUT2D eigenvalue weighted by Gasteiger charge is 2.29. The van der Waals surface area contributed by atoms with Gasteiger partial charge in [0.25, 0.3) is 0 Å². The number of aliphatic carboxylic acids is 1. The topological polar surface area (TPSA) is 220 Å². The summed E-state index contributed by atoms with van der Waals surface area (Å²) in [7, 11) is 0. The Labute approximate surface area is 188 Å². The molecule has 32 heavy (non-hydrogen) atoms. The van der Waals surface area contributed by atoms with Crippen LogP contribution in [0, 0.1) is 5.92 Å². The van der Waals surface area contributed by atoms with E-state index in [1.807, 2.05) is 13.8 Å². The fraction of sp³-hybridized carbons (Fsp3) is 0.750. The van der Waals surface area contributed by atoms with Crippen molar-refractivity contribution >= 4 is 29.6 Å². The van der Waals surface area contributed by atoms with Gasteiger partial charge in [-0.2, -0.15) is 0 Å². The summed E-state index contributed by atoms with van der Waals surface area (Å²) in [5.41, 5.74) is 16.4. The van der Waals surface area contributed by atoms with Crippen LogP contribution >= 0.6 is 0 Å². The molecule has 0 heterocycles. The molecule has 12 nitrogen and oxygen atoms in total. The van der Waals surface area contributed by atoms with Crippen molar-refractivity contribution in [3.8, 4) is 0 Å². The highest BCUT2D eigenvalue weighted by atomic mass is 16.4. The fourth-order valence-electron chi connectivity index (χ4n) is 2.76. The fourth-order valence-corrected chi connectivity index (χ4v) is 2.76. The average Bonchev–Trinajstić information content (AvgIpc) is 2.73. The molecule has 0 aromatic rings. The van der Waals surface area contributed by atoms with Crippen molar-refractivity contribution in [2.75, 3.05) is 6.54 Å². The summed E-state index contributed by atoms with van der Waals surface area (Å²) in [4.78, 5) is 60.0. The third-order valence-electron chi connectivity index (χ3n) is 5.19.